The molecule has 162 valence electrons. The maximum atomic E-state index is 13.2. The van der Waals surface area contributed by atoms with Crippen molar-refractivity contribution in [1.29, 1.82) is 0 Å². The molecule has 1 spiro atoms. The van der Waals surface area contributed by atoms with Crippen LogP contribution < -0.4 is 4.90 Å². The SMILES string of the molecule is Cc1cc(CN2C(=O)CC3(CCN(C(=O)c4cc(C)oc4C)CC3)n3nccc32)no1. The average molecular weight is 423 g/mol. The van der Waals surface area contributed by atoms with Gasteiger partial charge in [0.05, 0.1) is 30.3 Å². The van der Waals surface area contributed by atoms with E-state index in [2.05, 4.69) is 10.3 Å². The van der Waals surface area contributed by atoms with Crippen LogP contribution in [0.3, 0.4) is 0 Å². The van der Waals surface area contributed by atoms with E-state index in [4.69, 9.17) is 8.94 Å². The summed E-state index contributed by atoms with van der Waals surface area (Å²) in [7, 11) is 0. The van der Waals surface area contributed by atoms with Gasteiger partial charge >= 0.3 is 0 Å². The van der Waals surface area contributed by atoms with Gasteiger partial charge in [0, 0.05) is 25.2 Å². The zero-order valence-electron chi connectivity index (χ0n) is 17.9. The van der Waals surface area contributed by atoms with Gasteiger partial charge in [-0.2, -0.15) is 5.10 Å². The highest BCUT2D eigenvalue weighted by atomic mass is 16.5. The molecule has 3 aromatic heterocycles. The Hall–Kier alpha value is -3.36. The Morgan fingerprint density at radius 3 is 2.58 bits per heavy atom. The monoisotopic (exact) mass is 423 g/mol. The number of hydrogen-bond acceptors (Lipinski definition) is 6. The lowest BCUT2D eigenvalue weighted by atomic mass is 9.82. The lowest BCUT2D eigenvalue weighted by molar-refractivity contribution is -0.123. The molecule has 9 heteroatoms. The Balaban J connectivity index is 1.36. The summed E-state index contributed by atoms with van der Waals surface area (Å²) in [5.74, 6) is 2.87. The highest BCUT2D eigenvalue weighted by Gasteiger charge is 2.46. The van der Waals surface area contributed by atoms with Crippen LogP contribution in [0.1, 0.15) is 52.6 Å². The lowest BCUT2D eigenvalue weighted by Crippen LogP contribution is -2.54. The van der Waals surface area contributed by atoms with Crippen molar-refractivity contribution in [3.63, 3.8) is 0 Å². The first-order chi connectivity index (χ1) is 14.9. The van der Waals surface area contributed by atoms with Crippen molar-refractivity contribution in [2.75, 3.05) is 18.0 Å². The molecule has 2 aliphatic heterocycles. The molecule has 0 N–H and O–H groups in total. The van der Waals surface area contributed by atoms with Gasteiger partial charge in [-0.05, 0) is 39.7 Å². The summed E-state index contributed by atoms with van der Waals surface area (Å²) in [6, 6.07) is 5.49. The largest absolute Gasteiger partial charge is 0.466 e. The van der Waals surface area contributed by atoms with Crippen LogP contribution >= 0.6 is 0 Å². The van der Waals surface area contributed by atoms with Crippen molar-refractivity contribution in [3.05, 3.63) is 52.9 Å². The van der Waals surface area contributed by atoms with Crippen LogP contribution in [0.15, 0.2) is 33.3 Å². The number of likely N-dealkylation sites (tertiary alicyclic amines) is 1. The van der Waals surface area contributed by atoms with Gasteiger partial charge in [-0.25, -0.2) is 4.68 Å². The van der Waals surface area contributed by atoms with E-state index in [0.717, 1.165) is 11.6 Å². The molecule has 9 nitrogen and oxygen atoms in total. The smallest absolute Gasteiger partial charge is 0.257 e. The third kappa shape index (κ3) is 3.24. The highest BCUT2D eigenvalue weighted by molar-refractivity contribution is 5.96. The minimum atomic E-state index is -0.412. The van der Waals surface area contributed by atoms with E-state index < -0.39 is 5.54 Å². The molecule has 0 aliphatic carbocycles. The molecule has 1 fully saturated rings. The number of fused-ring (bicyclic) bond motifs is 2. The molecule has 0 aromatic carbocycles. The maximum Gasteiger partial charge on any atom is 0.257 e. The first-order valence-electron chi connectivity index (χ1n) is 10.5. The van der Waals surface area contributed by atoms with Gasteiger partial charge in [0.2, 0.25) is 5.91 Å². The number of anilines is 1. The van der Waals surface area contributed by atoms with Gasteiger partial charge in [0.1, 0.15) is 28.8 Å². The molecule has 31 heavy (non-hydrogen) atoms. The van der Waals surface area contributed by atoms with Gasteiger partial charge in [-0.15, -0.1) is 0 Å². The maximum absolute atomic E-state index is 13.2. The minimum Gasteiger partial charge on any atom is -0.466 e. The minimum absolute atomic E-state index is 0.0185. The third-order valence-corrected chi connectivity index (χ3v) is 6.38. The van der Waals surface area contributed by atoms with E-state index in [1.165, 1.54) is 0 Å². The van der Waals surface area contributed by atoms with E-state index in [1.54, 1.807) is 17.2 Å². The van der Waals surface area contributed by atoms with Crippen molar-refractivity contribution in [3.8, 4) is 0 Å². The summed E-state index contributed by atoms with van der Waals surface area (Å²) >= 11 is 0. The first-order valence-corrected chi connectivity index (χ1v) is 10.5. The number of aryl methyl sites for hydroxylation is 3. The predicted octanol–water partition coefficient (Wildman–Crippen LogP) is 2.96. The van der Waals surface area contributed by atoms with Gasteiger partial charge in [-0.1, -0.05) is 5.16 Å². The average Bonchev–Trinajstić information content (AvgIpc) is 3.46. The Kier molecular flexibility index (Phi) is 4.49. The zero-order valence-corrected chi connectivity index (χ0v) is 17.9. The number of amides is 2. The summed E-state index contributed by atoms with van der Waals surface area (Å²) in [6.45, 7) is 6.96. The molecular formula is C22H25N5O4. The number of hydrogen-bond donors (Lipinski definition) is 0. The number of carbonyl (C=O) groups is 2. The van der Waals surface area contributed by atoms with Crippen LogP contribution in [0.2, 0.25) is 0 Å². The Bertz CT molecular complexity index is 1150. The molecule has 5 heterocycles. The number of piperidine rings is 1. The first kappa shape index (κ1) is 19.6. The molecule has 0 radical (unpaired) electrons. The van der Waals surface area contributed by atoms with Crippen LogP contribution in [0.4, 0.5) is 5.82 Å². The summed E-state index contributed by atoms with van der Waals surface area (Å²) in [6.07, 6.45) is 3.42. The molecule has 0 atom stereocenters. The fraction of sp³-hybridized carbons (Fsp3) is 0.455. The second-order valence-corrected chi connectivity index (χ2v) is 8.53. The van der Waals surface area contributed by atoms with Crippen molar-refractivity contribution in [2.24, 2.45) is 0 Å². The van der Waals surface area contributed by atoms with Crippen LogP contribution in [-0.4, -0.2) is 44.7 Å². The standard InChI is InChI=1S/C22H25N5O4/c1-14-11-18(16(3)30-14)21(29)25-8-5-22(6-9-25)12-20(28)26(19-4-7-23-27(19)22)13-17-10-15(2)31-24-17/h4,7,10-11H,5-6,8-9,12-13H2,1-3H3. The molecule has 2 amide bonds. The number of aromatic nitrogens is 3. The van der Waals surface area contributed by atoms with E-state index in [9.17, 15) is 9.59 Å². The zero-order chi connectivity index (χ0) is 21.8. The third-order valence-electron chi connectivity index (χ3n) is 6.38. The van der Waals surface area contributed by atoms with Crippen LogP contribution in [0.5, 0.6) is 0 Å². The second-order valence-electron chi connectivity index (χ2n) is 8.53. The molecule has 3 aromatic rings. The molecule has 1 saturated heterocycles. The van der Waals surface area contributed by atoms with Crippen LogP contribution in [0, 0.1) is 20.8 Å². The Morgan fingerprint density at radius 2 is 1.94 bits per heavy atom. The Morgan fingerprint density at radius 1 is 1.16 bits per heavy atom. The summed E-state index contributed by atoms with van der Waals surface area (Å²) in [4.78, 5) is 29.7. The van der Waals surface area contributed by atoms with Gasteiger partial charge in [0.25, 0.3) is 5.91 Å². The van der Waals surface area contributed by atoms with E-state index in [-0.39, 0.29) is 11.8 Å². The van der Waals surface area contributed by atoms with Crippen LogP contribution in [-0.2, 0) is 16.9 Å². The molecule has 0 bridgehead atoms. The summed E-state index contributed by atoms with van der Waals surface area (Å²) in [5.41, 5.74) is 0.910. The number of furan rings is 1. The quantitative estimate of drug-likeness (QED) is 0.642. The fourth-order valence-electron chi connectivity index (χ4n) is 4.80. The molecule has 0 unspecified atom stereocenters. The van der Waals surface area contributed by atoms with E-state index in [0.29, 0.717) is 61.7 Å². The van der Waals surface area contributed by atoms with Gasteiger partial charge in [-0.3, -0.25) is 14.5 Å². The summed E-state index contributed by atoms with van der Waals surface area (Å²) in [5, 5.41) is 8.59. The molecular weight excluding hydrogens is 398 g/mol. The normalized spacial score (nSPS) is 18.0. The van der Waals surface area contributed by atoms with E-state index in [1.807, 2.05) is 42.5 Å². The predicted molar refractivity (Wildman–Crippen MR) is 111 cm³/mol. The summed E-state index contributed by atoms with van der Waals surface area (Å²) < 4.78 is 12.6. The number of rotatable bonds is 3. The number of nitrogens with zero attached hydrogens (tertiary/aromatic N) is 5. The number of carbonyl (C=O) groups excluding carboxylic acids is 2. The molecule has 0 saturated carbocycles. The Labute approximate surface area is 179 Å². The highest BCUT2D eigenvalue weighted by Crippen LogP contribution is 2.41. The van der Waals surface area contributed by atoms with Gasteiger partial charge < -0.3 is 13.8 Å². The molecule has 2 aliphatic rings. The van der Waals surface area contributed by atoms with Crippen molar-refractivity contribution in [1.82, 2.24) is 19.8 Å². The molecule has 5 rings (SSSR count). The van der Waals surface area contributed by atoms with Crippen LogP contribution in [0.25, 0.3) is 0 Å². The van der Waals surface area contributed by atoms with Crippen molar-refractivity contribution in [2.45, 2.75) is 52.1 Å². The second kappa shape index (κ2) is 7.11. The topological polar surface area (TPSA) is 97.6 Å². The van der Waals surface area contributed by atoms with Gasteiger partial charge in [0.15, 0.2) is 0 Å². The van der Waals surface area contributed by atoms with Crippen molar-refractivity contribution < 1.29 is 18.5 Å². The lowest BCUT2D eigenvalue weighted by Gasteiger charge is -2.46. The van der Waals surface area contributed by atoms with Crippen molar-refractivity contribution >= 4 is 17.6 Å². The van der Waals surface area contributed by atoms with E-state index >= 15 is 0 Å². The fourth-order valence-corrected chi connectivity index (χ4v) is 4.80.